The third kappa shape index (κ3) is 1.86. The van der Waals surface area contributed by atoms with Gasteiger partial charge in [-0.05, 0) is 19.1 Å². The normalized spacial score (nSPS) is 10.9. The van der Waals surface area contributed by atoms with Gasteiger partial charge in [-0.25, -0.2) is 9.59 Å². The first kappa shape index (κ1) is 12.9. The Balaban J connectivity index is 2.35. The second-order valence-corrected chi connectivity index (χ2v) is 4.51. The van der Waals surface area contributed by atoms with Crippen LogP contribution >= 0.6 is 0 Å². The summed E-state index contributed by atoms with van der Waals surface area (Å²) >= 11 is 0. The van der Waals surface area contributed by atoms with E-state index in [4.69, 9.17) is 4.52 Å². The van der Waals surface area contributed by atoms with Gasteiger partial charge in [0.25, 0.3) is 0 Å². The highest BCUT2D eigenvalue weighted by Crippen LogP contribution is 2.32. The summed E-state index contributed by atoms with van der Waals surface area (Å²) in [5, 5.41) is 23.0. The average Bonchev–Trinajstić information content (AvgIpc) is 2.99. The van der Waals surface area contributed by atoms with E-state index in [-0.39, 0.29) is 28.2 Å². The number of aromatic carboxylic acids is 2. The maximum atomic E-state index is 11.4. The highest BCUT2D eigenvalue weighted by Gasteiger charge is 2.28. The second kappa shape index (κ2) is 4.48. The number of aryl methyl sites for hydroxylation is 1. The van der Waals surface area contributed by atoms with Crippen LogP contribution in [0.5, 0.6) is 0 Å². The zero-order valence-electron chi connectivity index (χ0n) is 10.9. The van der Waals surface area contributed by atoms with Crippen LogP contribution in [0.4, 0.5) is 0 Å². The van der Waals surface area contributed by atoms with Crippen LogP contribution in [0.1, 0.15) is 26.4 Å². The predicted molar refractivity (Wildman–Crippen MR) is 72.5 cm³/mol. The Bertz CT molecular complexity index is 875. The third-order valence-corrected chi connectivity index (χ3v) is 3.23. The topological polar surface area (TPSA) is 116 Å². The lowest BCUT2D eigenvalue weighted by Crippen LogP contribution is -2.07. The lowest BCUT2D eigenvalue weighted by molar-refractivity contribution is 0.0652. The monoisotopic (exact) mass is 286 g/mol. The van der Waals surface area contributed by atoms with Crippen LogP contribution in [0.15, 0.2) is 28.8 Å². The van der Waals surface area contributed by atoms with E-state index < -0.39 is 11.9 Å². The first-order chi connectivity index (χ1) is 10.0. The lowest BCUT2D eigenvalue weighted by atomic mass is 10.1. The van der Waals surface area contributed by atoms with Crippen molar-refractivity contribution >= 4 is 22.9 Å². The number of nitrogens with zero attached hydrogens (tertiary/aromatic N) is 1. The van der Waals surface area contributed by atoms with Crippen molar-refractivity contribution in [1.29, 1.82) is 0 Å². The molecule has 2 heterocycles. The van der Waals surface area contributed by atoms with Crippen molar-refractivity contribution in [3.05, 3.63) is 41.1 Å². The molecule has 0 saturated heterocycles. The van der Waals surface area contributed by atoms with Crippen molar-refractivity contribution in [2.24, 2.45) is 0 Å². The summed E-state index contributed by atoms with van der Waals surface area (Å²) in [5.74, 6) is -2.64. The first-order valence-corrected chi connectivity index (χ1v) is 6.04. The van der Waals surface area contributed by atoms with Crippen LogP contribution in [-0.4, -0.2) is 32.3 Å². The molecule has 3 rings (SSSR count). The molecule has 0 radical (unpaired) electrons. The van der Waals surface area contributed by atoms with E-state index in [1.165, 1.54) is 6.92 Å². The van der Waals surface area contributed by atoms with E-state index >= 15 is 0 Å². The SMILES string of the molecule is Cc1[nH]c(-c2noc3ccccc23)c(C(=O)O)c1C(=O)O. The van der Waals surface area contributed by atoms with Crippen LogP contribution in [0, 0.1) is 6.92 Å². The molecule has 0 fully saturated rings. The van der Waals surface area contributed by atoms with Crippen LogP contribution in [-0.2, 0) is 0 Å². The van der Waals surface area contributed by atoms with Gasteiger partial charge in [0.05, 0.1) is 16.6 Å². The van der Waals surface area contributed by atoms with Gasteiger partial charge in [0.2, 0.25) is 0 Å². The van der Waals surface area contributed by atoms with Gasteiger partial charge in [-0.15, -0.1) is 0 Å². The summed E-state index contributed by atoms with van der Waals surface area (Å²) in [4.78, 5) is 25.5. The molecule has 0 unspecified atom stereocenters. The Morgan fingerprint density at radius 2 is 1.81 bits per heavy atom. The number of para-hydroxylation sites is 1. The van der Waals surface area contributed by atoms with Crippen LogP contribution in [0.2, 0.25) is 0 Å². The number of aromatic nitrogens is 2. The van der Waals surface area contributed by atoms with E-state index in [1.807, 2.05) is 0 Å². The first-order valence-electron chi connectivity index (χ1n) is 6.04. The zero-order valence-corrected chi connectivity index (χ0v) is 10.9. The van der Waals surface area contributed by atoms with Gasteiger partial charge in [-0.1, -0.05) is 17.3 Å². The quantitative estimate of drug-likeness (QED) is 0.681. The van der Waals surface area contributed by atoms with Gasteiger partial charge in [-0.2, -0.15) is 0 Å². The Morgan fingerprint density at radius 3 is 2.48 bits per heavy atom. The third-order valence-electron chi connectivity index (χ3n) is 3.23. The van der Waals surface area contributed by atoms with Gasteiger partial charge < -0.3 is 19.7 Å². The van der Waals surface area contributed by atoms with E-state index in [0.717, 1.165) is 0 Å². The fraction of sp³-hybridized carbons (Fsp3) is 0.0714. The molecule has 3 aromatic rings. The fourth-order valence-corrected chi connectivity index (χ4v) is 2.35. The molecule has 0 saturated carbocycles. The fourth-order valence-electron chi connectivity index (χ4n) is 2.35. The minimum atomic E-state index is -1.33. The minimum Gasteiger partial charge on any atom is -0.478 e. The van der Waals surface area contributed by atoms with Crippen molar-refractivity contribution in [1.82, 2.24) is 10.1 Å². The summed E-state index contributed by atoms with van der Waals surface area (Å²) in [5.41, 5.74) is 0.555. The summed E-state index contributed by atoms with van der Waals surface area (Å²) in [6.45, 7) is 1.50. The number of H-pyrrole nitrogens is 1. The largest absolute Gasteiger partial charge is 0.478 e. The Labute approximate surface area is 117 Å². The smallest absolute Gasteiger partial charge is 0.338 e. The molecule has 21 heavy (non-hydrogen) atoms. The molecule has 0 aliphatic rings. The number of carbonyl (C=O) groups is 2. The number of carboxylic acid groups (broad SMARTS) is 2. The predicted octanol–water partition coefficient (Wildman–Crippen LogP) is 2.53. The molecule has 0 atom stereocenters. The highest BCUT2D eigenvalue weighted by atomic mass is 16.5. The highest BCUT2D eigenvalue weighted by molar-refractivity contribution is 6.09. The van der Waals surface area contributed by atoms with E-state index in [0.29, 0.717) is 11.0 Å². The lowest BCUT2D eigenvalue weighted by Gasteiger charge is -1.98. The van der Waals surface area contributed by atoms with Crippen molar-refractivity contribution in [2.75, 3.05) is 0 Å². The number of benzene rings is 1. The van der Waals surface area contributed by atoms with Crippen molar-refractivity contribution in [3.63, 3.8) is 0 Å². The van der Waals surface area contributed by atoms with Crippen LogP contribution < -0.4 is 0 Å². The van der Waals surface area contributed by atoms with Gasteiger partial charge >= 0.3 is 11.9 Å². The number of nitrogens with one attached hydrogen (secondary N) is 1. The van der Waals surface area contributed by atoms with Crippen LogP contribution in [0.25, 0.3) is 22.4 Å². The van der Waals surface area contributed by atoms with Gasteiger partial charge in [0, 0.05) is 5.69 Å². The second-order valence-electron chi connectivity index (χ2n) is 4.51. The number of fused-ring (bicyclic) bond motifs is 1. The van der Waals surface area contributed by atoms with Crippen LogP contribution in [0.3, 0.4) is 0 Å². The number of carboxylic acids is 2. The number of hydrogen-bond donors (Lipinski definition) is 3. The molecule has 0 bridgehead atoms. The summed E-state index contributed by atoms with van der Waals surface area (Å²) in [6, 6.07) is 6.94. The van der Waals surface area contributed by atoms with Gasteiger partial charge in [-0.3, -0.25) is 0 Å². The van der Waals surface area contributed by atoms with Crippen molar-refractivity contribution in [3.8, 4) is 11.4 Å². The molecule has 0 amide bonds. The maximum absolute atomic E-state index is 11.4. The average molecular weight is 286 g/mol. The summed E-state index contributed by atoms with van der Waals surface area (Å²) in [6.07, 6.45) is 0. The number of hydrogen-bond acceptors (Lipinski definition) is 4. The molecular weight excluding hydrogens is 276 g/mol. The van der Waals surface area contributed by atoms with E-state index in [1.54, 1.807) is 24.3 Å². The summed E-state index contributed by atoms with van der Waals surface area (Å²) < 4.78 is 5.14. The Hall–Kier alpha value is -3.09. The van der Waals surface area contributed by atoms with Crippen molar-refractivity contribution in [2.45, 2.75) is 6.92 Å². The molecule has 2 aromatic heterocycles. The Kier molecular flexibility index (Phi) is 2.76. The van der Waals surface area contributed by atoms with E-state index in [9.17, 15) is 19.8 Å². The minimum absolute atomic E-state index is 0.127. The molecule has 3 N–H and O–H groups in total. The molecule has 0 aliphatic carbocycles. The summed E-state index contributed by atoms with van der Waals surface area (Å²) in [7, 11) is 0. The van der Waals surface area contributed by atoms with Gasteiger partial charge in [0.1, 0.15) is 11.3 Å². The van der Waals surface area contributed by atoms with E-state index in [2.05, 4.69) is 10.1 Å². The molecule has 0 aliphatic heterocycles. The zero-order chi connectivity index (χ0) is 15.1. The molecule has 7 heteroatoms. The molecule has 7 nitrogen and oxygen atoms in total. The van der Waals surface area contributed by atoms with Gasteiger partial charge in [0.15, 0.2) is 5.58 Å². The standard InChI is InChI=1S/C14H10N2O5/c1-6-9(13(17)18)10(14(19)20)12(15-6)11-7-4-2-3-5-8(7)21-16-11/h2-5,15H,1H3,(H,17,18)(H,19,20). The Morgan fingerprint density at radius 1 is 1.14 bits per heavy atom. The van der Waals surface area contributed by atoms with Crippen molar-refractivity contribution < 1.29 is 24.3 Å². The molecular formula is C14H10N2O5. The molecule has 106 valence electrons. The number of rotatable bonds is 3. The number of aromatic amines is 1. The molecule has 0 spiro atoms. The maximum Gasteiger partial charge on any atom is 0.338 e. The molecule has 1 aromatic carbocycles.